The molecule has 0 saturated heterocycles. The number of Topliss-reactive ketones (excluding diaryl/α,β-unsaturated/α-hetero) is 1. The number of carbonyl (C=O) groups is 1. The molecule has 1 aliphatic rings. The molecule has 0 aliphatic carbocycles. The predicted molar refractivity (Wildman–Crippen MR) is 117 cm³/mol. The molecule has 0 amide bonds. The van der Waals surface area contributed by atoms with Crippen LogP contribution in [0, 0.1) is 0 Å². The lowest BCUT2D eigenvalue weighted by molar-refractivity contribution is 0.0993. The third-order valence-corrected chi connectivity index (χ3v) is 5.77. The third kappa shape index (κ3) is 4.22. The molecule has 0 bridgehead atoms. The zero-order valence-corrected chi connectivity index (χ0v) is 18.2. The van der Waals surface area contributed by atoms with E-state index in [0.29, 0.717) is 11.5 Å². The summed E-state index contributed by atoms with van der Waals surface area (Å²) in [5, 5.41) is 12.9. The Labute approximate surface area is 184 Å². The maximum Gasteiger partial charge on any atom is 0.266 e. The van der Waals surface area contributed by atoms with E-state index in [9.17, 15) is 4.79 Å². The average molecular weight is 443 g/mol. The Kier molecular flexibility index (Phi) is 5.83. The number of anilines is 1. The Morgan fingerprint density at radius 2 is 1.83 bits per heavy atom. The quantitative estimate of drug-likeness (QED) is 0.555. The van der Waals surface area contributed by atoms with Gasteiger partial charge in [-0.1, -0.05) is 58.1 Å². The monoisotopic (exact) mass is 442 g/mol. The highest BCUT2D eigenvalue weighted by molar-refractivity contribution is 6.39. The largest absolute Gasteiger partial charge is 0.334 e. The molecule has 0 unspecified atom stereocenters. The van der Waals surface area contributed by atoms with Crippen molar-refractivity contribution in [2.45, 2.75) is 19.8 Å². The van der Waals surface area contributed by atoms with E-state index in [2.05, 4.69) is 32.2 Å². The predicted octanol–water partition coefficient (Wildman–Crippen LogP) is 4.02. The summed E-state index contributed by atoms with van der Waals surface area (Å²) in [5.41, 5.74) is 4.92. The average Bonchev–Trinajstić information content (AvgIpc) is 3.15. The van der Waals surface area contributed by atoms with Crippen LogP contribution in [0.1, 0.15) is 34.8 Å². The Morgan fingerprint density at radius 3 is 2.47 bits per heavy atom. The first-order chi connectivity index (χ1) is 14.4. The van der Waals surface area contributed by atoms with Gasteiger partial charge in [-0.05, 0) is 35.3 Å². The summed E-state index contributed by atoms with van der Waals surface area (Å²) in [7, 11) is 1.76. The Morgan fingerprint density at radius 1 is 1.13 bits per heavy atom. The first kappa shape index (κ1) is 20.5. The van der Waals surface area contributed by atoms with Gasteiger partial charge in [-0.25, -0.2) is 0 Å². The molecule has 154 valence electrons. The first-order valence-electron chi connectivity index (χ1n) is 9.51. The maximum absolute atomic E-state index is 12.7. The second-order valence-electron chi connectivity index (χ2n) is 7.28. The van der Waals surface area contributed by atoms with Crippen LogP contribution in [0.3, 0.4) is 0 Å². The lowest BCUT2D eigenvalue weighted by Gasteiger charge is -2.29. The van der Waals surface area contributed by atoms with E-state index in [1.54, 1.807) is 7.05 Å². The molecule has 0 N–H and O–H groups in total. The van der Waals surface area contributed by atoms with Crippen LogP contribution < -0.4 is 4.90 Å². The minimum absolute atomic E-state index is 0.131. The fourth-order valence-corrected chi connectivity index (χ4v) is 4.12. The van der Waals surface area contributed by atoms with Gasteiger partial charge in [0.2, 0.25) is 0 Å². The van der Waals surface area contributed by atoms with E-state index in [4.69, 9.17) is 23.2 Å². The summed E-state index contributed by atoms with van der Waals surface area (Å²) in [6.45, 7) is 3.74. The fraction of sp³-hybridized carbons (Fsp3) is 0.286. The van der Waals surface area contributed by atoms with Gasteiger partial charge in [0.15, 0.2) is 5.78 Å². The van der Waals surface area contributed by atoms with Crippen molar-refractivity contribution in [1.82, 2.24) is 25.2 Å². The topological polar surface area (TPSA) is 76.8 Å². The molecule has 0 saturated carbocycles. The van der Waals surface area contributed by atoms with Crippen LogP contribution in [-0.2, 0) is 13.5 Å². The zero-order chi connectivity index (χ0) is 21.3. The molecule has 0 atom stereocenters. The van der Waals surface area contributed by atoms with E-state index in [1.807, 2.05) is 24.3 Å². The first-order valence-corrected chi connectivity index (χ1v) is 10.3. The number of pyridine rings is 1. The molecule has 0 radical (unpaired) electrons. The van der Waals surface area contributed by atoms with Crippen molar-refractivity contribution in [1.29, 1.82) is 0 Å². The van der Waals surface area contributed by atoms with Crippen LogP contribution in [0.4, 0.5) is 5.95 Å². The van der Waals surface area contributed by atoms with Crippen molar-refractivity contribution in [2.75, 3.05) is 18.0 Å². The number of aromatic nitrogens is 5. The summed E-state index contributed by atoms with van der Waals surface area (Å²) in [5.74, 6) is 0.504. The Bertz CT molecular complexity index is 1100. The van der Waals surface area contributed by atoms with Crippen molar-refractivity contribution in [3.63, 3.8) is 0 Å². The molecule has 30 heavy (non-hydrogen) atoms. The SMILES string of the molecule is CC1=C(c2ccc(CC(=O)c3c(Cl)cncc3Cl)cc2)CN(c2nnn(C)n2)CC1. The minimum Gasteiger partial charge on any atom is -0.334 e. The van der Waals surface area contributed by atoms with E-state index in [-0.39, 0.29) is 22.2 Å². The van der Waals surface area contributed by atoms with E-state index in [0.717, 1.165) is 30.6 Å². The number of tetrazole rings is 1. The van der Waals surface area contributed by atoms with Crippen LogP contribution in [0.5, 0.6) is 0 Å². The summed E-state index contributed by atoms with van der Waals surface area (Å²) in [6, 6.07) is 8.03. The van der Waals surface area contributed by atoms with Crippen molar-refractivity contribution >= 4 is 40.5 Å². The Balaban J connectivity index is 1.51. The lowest BCUT2D eigenvalue weighted by atomic mass is 9.93. The van der Waals surface area contributed by atoms with Crippen LogP contribution in [0.15, 0.2) is 42.2 Å². The normalized spacial score (nSPS) is 14.3. The number of hydrogen-bond donors (Lipinski definition) is 0. The number of carbonyl (C=O) groups excluding carboxylic acids is 1. The summed E-state index contributed by atoms with van der Waals surface area (Å²) in [6.07, 6.45) is 4.02. The highest BCUT2D eigenvalue weighted by Gasteiger charge is 2.21. The molecule has 0 spiro atoms. The summed E-state index contributed by atoms with van der Waals surface area (Å²) in [4.78, 5) is 20.1. The van der Waals surface area contributed by atoms with Gasteiger partial charge in [0.05, 0.1) is 22.7 Å². The van der Waals surface area contributed by atoms with E-state index < -0.39 is 0 Å². The maximum atomic E-state index is 12.7. The van der Waals surface area contributed by atoms with E-state index >= 15 is 0 Å². The molecule has 3 heterocycles. The molecule has 3 aromatic rings. The van der Waals surface area contributed by atoms with Crippen molar-refractivity contribution < 1.29 is 4.79 Å². The van der Waals surface area contributed by atoms with Gasteiger partial charge in [-0.2, -0.15) is 4.80 Å². The third-order valence-electron chi connectivity index (χ3n) is 5.20. The van der Waals surface area contributed by atoms with Crippen LogP contribution in [0.2, 0.25) is 10.0 Å². The fourth-order valence-electron chi connectivity index (χ4n) is 3.54. The number of aryl methyl sites for hydroxylation is 1. The molecular weight excluding hydrogens is 423 g/mol. The van der Waals surface area contributed by atoms with Crippen molar-refractivity contribution in [3.8, 4) is 0 Å². The highest BCUT2D eigenvalue weighted by atomic mass is 35.5. The molecule has 9 heteroatoms. The number of benzene rings is 1. The van der Waals surface area contributed by atoms with Crippen molar-refractivity contribution in [3.05, 3.63) is 69.0 Å². The van der Waals surface area contributed by atoms with Crippen LogP contribution in [-0.4, -0.2) is 44.1 Å². The van der Waals surface area contributed by atoms with E-state index in [1.165, 1.54) is 28.3 Å². The minimum atomic E-state index is -0.131. The number of halogens is 2. The zero-order valence-electron chi connectivity index (χ0n) is 16.6. The molecular formula is C21H20Cl2N6O. The summed E-state index contributed by atoms with van der Waals surface area (Å²) < 4.78 is 0. The van der Waals surface area contributed by atoms with Gasteiger partial charge in [0, 0.05) is 31.9 Å². The smallest absolute Gasteiger partial charge is 0.266 e. The highest BCUT2D eigenvalue weighted by Crippen LogP contribution is 2.29. The molecule has 4 rings (SSSR count). The lowest BCUT2D eigenvalue weighted by Crippen LogP contribution is -2.31. The van der Waals surface area contributed by atoms with Gasteiger partial charge < -0.3 is 4.90 Å². The molecule has 0 fully saturated rings. The van der Waals surface area contributed by atoms with Gasteiger partial charge in [0.1, 0.15) is 0 Å². The second kappa shape index (κ2) is 8.53. The van der Waals surface area contributed by atoms with Crippen LogP contribution >= 0.6 is 23.2 Å². The number of rotatable bonds is 5. The summed E-state index contributed by atoms with van der Waals surface area (Å²) >= 11 is 12.2. The molecule has 7 nitrogen and oxygen atoms in total. The standard InChI is InChI=1S/C21H20Cl2N6O/c1-13-7-8-29(21-25-27-28(2)26-21)12-16(13)15-5-3-14(4-6-15)9-19(30)20-17(22)10-24-11-18(20)23/h3-6,10-11H,7-9,12H2,1-2H3. The van der Waals surface area contributed by atoms with Gasteiger partial charge in [-0.3, -0.25) is 9.78 Å². The molecule has 1 aromatic carbocycles. The Hall–Kier alpha value is -2.77. The molecule has 2 aromatic heterocycles. The van der Waals surface area contributed by atoms with Crippen molar-refractivity contribution in [2.24, 2.45) is 7.05 Å². The van der Waals surface area contributed by atoms with Gasteiger partial charge in [0.25, 0.3) is 5.95 Å². The number of hydrogen-bond acceptors (Lipinski definition) is 6. The number of ketones is 1. The molecule has 1 aliphatic heterocycles. The van der Waals surface area contributed by atoms with Gasteiger partial charge in [-0.15, -0.1) is 5.10 Å². The number of nitrogens with zero attached hydrogens (tertiary/aromatic N) is 6. The van der Waals surface area contributed by atoms with Gasteiger partial charge >= 0.3 is 0 Å². The second-order valence-corrected chi connectivity index (χ2v) is 8.10. The van der Waals surface area contributed by atoms with Crippen LogP contribution in [0.25, 0.3) is 5.57 Å².